The maximum atomic E-state index is 12.3. The van der Waals surface area contributed by atoms with E-state index in [0.29, 0.717) is 13.1 Å². The van der Waals surface area contributed by atoms with E-state index in [-0.39, 0.29) is 12.1 Å². The summed E-state index contributed by atoms with van der Waals surface area (Å²) < 4.78 is 12.1. The van der Waals surface area contributed by atoms with Crippen LogP contribution in [0.15, 0.2) is 16.6 Å². The van der Waals surface area contributed by atoms with E-state index in [4.69, 9.17) is 9.47 Å². The van der Waals surface area contributed by atoms with Crippen LogP contribution in [0.5, 0.6) is 5.75 Å². The highest BCUT2D eigenvalue weighted by atomic mass is 79.9. The monoisotopic (exact) mass is 412 g/mol. The lowest BCUT2D eigenvalue weighted by Gasteiger charge is -2.40. The van der Waals surface area contributed by atoms with Crippen molar-refractivity contribution in [1.82, 2.24) is 9.80 Å². The minimum atomic E-state index is -0.460. The van der Waals surface area contributed by atoms with Gasteiger partial charge in [0.15, 0.2) is 0 Å². The number of piperazine rings is 1. The Balaban J connectivity index is 2.04. The zero-order valence-corrected chi connectivity index (χ0v) is 17.6. The van der Waals surface area contributed by atoms with Gasteiger partial charge in [0.25, 0.3) is 0 Å². The molecule has 5 nitrogen and oxygen atoms in total. The largest absolute Gasteiger partial charge is 0.496 e. The summed E-state index contributed by atoms with van der Waals surface area (Å²) in [6, 6.07) is 4.43. The molecule has 0 aliphatic carbocycles. The average molecular weight is 413 g/mol. The van der Waals surface area contributed by atoms with E-state index < -0.39 is 5.60 Å². The number of rotatable bonds is 3. The number of carbonyl (C=O) groups excluding carboxylic acids is 1. The predicted molar refractivity (Wildman–Crippen MR) is 103 cm³/mol. The van der Waals surface area contributed by atoms with E-state index in [0.717, 1.165) is 34.4 Å². The van der Waals surface area contributed by atoms with Gasteiger partial charge in [0.05, 0.1) is 7.11 Å². The van der Waals surface area contributed by atoms with Crippen LogP contribution in [0.4, 0.5) is 4.79 Å². The summed E-state index contributed by atoms with van der Waals surface area (Å²) in [5.74, 6) is 0.935. The van der Waals surface area contributed by atoms with Crippen molar-refractivity contribution in [2.24, 2.45) is 0 Å². The zero-order chi connectivity index (χ0) is 18.8. The van der Waals surface area contributed by atoms with Crippen LogP contribution in [-0.2, 0) is 11.3 Å². The topological polar surface area (TPSA) is 42.0 Å². The number of methoxy groups -OCH3 is 1. The molecule has 25 heavy (non-hydrogen) atoms. The first-order valence-corrected chi connectivity index (χ1v) is 9.45. The van der Waals surface area contributed by atoms with Crippen LogP contribution < -0.4 is 4.74 Å². The second kappa shape index (κ2) is 7.96. The molecule has 1 aromatic rings. The number of hydrogen-bond donors (Lipinski definition) is 0. The molecular weight excluding hydrogens is 384 g/mol. The van der Waals surface area contributed by atoms with Gasteiger partial charge in [-0.1, -0.05) is 15.9 Å². The number of aryl methyl sites for hydroxylation is 1. The highest BCUT2D eigenvalue weighted by Gasteiger charge is 2.30. The summed E-state index contributed by atoms with van der Waals surface area (Å²) in [5, 5.41) is 0. The first kappa shape index (κ1) is 20.0. The molecule has 1 aliphatic heterocycles. The quantitative estimate of drug-likeness (QED) is 0.745. The summed E-state index contributed by atoms with van der Waals surface area (Å²) in [6.07, 6.45) is -0.227. The molecule has 1 heterocycles. The zero-order valence-electron chi connectivity index (χ0n) is 16.1. The molecule has 1 fully saturated rings. The van der Waals surface area contributed by atoms with Crippen molar-refractivity contribution in [2.45, 2.75) is 52.8 Å². The molecule has 0 spiro atoms. The van der Waals surface area contributed by atoms with Gasteiger partial charge in [-0.05, 0) is 52.3 Å². The first-order chi connectivity index (χ1) is 11.6. The summed E-state index contributed by atoms with van der Waals surface area (Å²) in [5.41, 5.74) is 1.82. The van der Waals surface area contributed by atoms with Crippen LogP contribution in [0.25, 0.3) is 0 Å². The highest BCUT2D eigenvalue weighted by Crippen LogP contribution is 2.30. The standard InChI is InChI=1S/C19H29BrN2O3/c1-13-9-16(20)10-15(17(13)24-6)12-21-7-8-22(11-14(21)2)18(23)25-19(3,4)5/h9-10,14H,7-8,11-12H2,1-6H3. The summed E-state index contributed by atoms with van der Waals surface area (Å²) in [4.78, 5) is 16.5. The Hall–Kier alpha value is -1.27. The Kier molecular flexibility index (Phi) is 6.38. The molecule has 1 amide bonds. The normalized spacial score (nSPS) is 19.0. The van der Waals surface area contributed by atoms with Crippen molar-refractivity contribution in [1.29, 1.82) is 0 Å². The second-order valence-electron chi connectivity index (χ2n) is 7.66. The third-order valence-electron chi connectivity index (χ3n) is 4.31. The van der Waals surface area contributed by atoms with Crippen molar-refractivity contribution >= 4 is 22.0 Å². The number of halogens is 1. The molecule has 140 valence electrons. The van der Waals surface area contributed by atoms with E-state index in [1.54, 1.807) is 12.0 Å². The van der Waals surface area contributed by atoms with Crippen molar-refractivity contribution in [2.75, 3.05) is 26.7 Å². The lowest BCUT2D eigenvalue weighted by atomic mass is 10.1. The molecule has 0 saturated carbocycles. The van der Waals surface area contributed by atoms with Crippen LogP contribution in [-0.4, -0.2) is 54.3 Å². The van der Waals surface area contributed by atoms with Gasteiger partial charge in [-0.25, -0.2) is 4.79 Å². The first-order valence-electron chi connectivity index (χ1n) is 8.65. The molecule has 1 aliphatic rings. The number of nitrogens with zero attached hydrogens (tertiary/aromatic N) is 2. The van der Waals surface area contributed by atoms with Crippen molar-refractivity contribution in [3.05, 3.63) is 27.7 Å². The van der Waals surface area contributed by atoms with E-state index in [1.165, 1.54) is 0 Å². The summed E-state index contributed by atoms with van der Waals surface area (Å²) in [7, 11) is 1.71. The third-order valence-corrected chi connectivity index (χ3v) is 4.77. The Bertz CT molecular complexity index is 628. The van der Waals surface area contributed by atoms with Gasteiger partial charge in [0, 0.05) is 42.3 Å². The van der Waals surface area contributed by atoms with Gasteiger partial charge >= 0.3 is 6.09 Å². The van der Waals surface area contributed by atoms with E-state index in [2.05, 4.69) is 46.8 Å². The fourth-order valence-electron chi connectivity index (χ4n) is 3.15. The molecule has 1 atom stereocenters. The van der Waals surface area contributed by atoms with Crippen molar-refractivity contribution in [3.63, 3.8) is 0 Å². The predicted octanol–water partition coefficient (Wildman–Crippen LogP) is 4.21. The second-order valence-corrected chi connectivity index (χ2v) is 8.58. The fraction of sp³-hybridized carbons (Fsp3) is 0.632. The Morgan fingerprint density at radius 1 is 1.32 bits per heavy atom. The van der Waals surface area contributed by atoms with E-state index >= 15 is 0 Å². The number of amides is 1. The molecule has 0 radical (unpaired) electrons. The Labute approximate surface area is 159 Å². The van der Waals surface area contributed by atoms with Crippen LogP contribution in [0.3, 0.4) is 0 Å². The molecule has 0 N–H and O–H groups in total. The fourth-order valence-corrected chi connectivity index (χ4v) is 3.77. The Morgan fingerprint density at radius 3 is 2.56 bits per heavy atom. The van der Waals surface area contributed by atoms with Crippen LogP contribution in [0, 0.1) is 6.92 Å². The van der Waals surface area contributed by atoms with Crippen LogP contribution in [0.1, 0.15) is 38.8 Å². The van der Waals surface area contributed by atoms with E-state index in [9.17, 15) is 4.79 Å². The molecule has 1 saturated heterocycles. The number of hydrogen-bond acceptors (Lipinski definition) is 4. The lowest BCUT2D eigenvalue weighted by molar-refractivity contribution is 0.00451. The van der Waals surface area contributed by atoms with E-state index in [1.807, 2.05) is 20.8 Å². The molecular formula is C19H29BrN2O3. The Morgan fingerprint density at radius 2 is 2.00 bits per heavy atom. The van der Waals surface area contributed by atoms with Crippen LogP contribution >= 0.6 is 15.9 Å². The van der Waals surface area contributed by atoms with Gasteiger partial charge in [0.2, 0.25) is 0 Å². The maximum Gasteiger partial charge on any atom is 0.410 e. The highest BCUT2D eigenvalue weighted by molar-refractivity contribution is 9.10. The molecule has 1 unspecified atom stereocenters. The van der Waals surface area contributed by atoms with Gasteiger partial charge in [-0.2, -0.15) is 0 Å². The molecule has 0 bridgehead atoms. The minimum Gasteiger partial charge on any atom is -0.496 e. The lowest BCUT2D eigenvalue weighted by Crippen LogP contribution is -2.54. The molecule has 6 heteroatoms. The number of carbonyl (C=O) groups is 1. The van der Waals surface area contributed by atoms with Crippen molar-refractivity contribution < 1.29 is 14.3 Å². The third kappa shape index (κ3) is 5.35. The summed E-state index contributed by atoms with van der Waals surface area (Å²) in [6.45, 7) is 12.8. The maximum absolute atomic E-state index is 12.3. The van der Waals surface area contributed by atoms with Gasteiger partial charge in [-0.15, -0.1) is 0 Å². The van der Waals surface area contributed by atoms with Crippen LogP contribution in [0.2, 0.25) is 0 Å². The number of benzene rings is 1. The van der Waals surface area contributed by atoms with Gasteiger partial charge < -0.3 is 14.4 Å². The molecule has 2 rings (SSSR count). The van der Waals surface area contributed by atoms with Gasteiger partial charge in [0.1, 0.15) is 11.4 Å². The smallest absolute Gasteiger partial charge is 0.410 e. The average Bonchev–Trinajstić information content (AvgIpc) is 2.47. The van der Waals surface area contributed by atoms with Gasteiger partial charge in [-0.3, -0.25) is 4.90 Å². The number of ether oxygens (including phenoxy) is 2. The molecule has 0 aromatic heterocycles. The van der Waals surface area contributed by atoms with Crippen molar-refractivity contribution in [3.8, 4) is 5.75 Å². The SMILES string of the molecule is COc1c(C)cc(Br)cc1CN1CCN(C(=O)OC(C)(C)C)CC1C. The molecule has 1 aromatic carbocycles. The summed E-state index contributed by atoms with van der Waals surface area (Å²) >= 11 is 3.57. The minimum absolute atomic E-state index is 0.227.